The van der Waals surface area contributed by atoms with E-state index in [1.165, 1.54) is 0 Å². The summed E-state index contributed by atoms with van der Waals surface area (Å²) in [6.45, 7) is 3.85. The van der Waals surface area contributed by atoms with E-state index in [2.05, 4.69) is 0 Å². The normalized spacial score (nSPS) is 22.0. The van der Waals surface area contributed by atoms with E-state index in [0.29, 0.717) is 44.5 Å². The van der Waals surface area contributed by atoms with Crippen molar-refractivity contribution in [1.29, 1.82) is 0 Å². The van der Waals surface area contributed by atoms with Crippen LogP contribution in [0, 0.1) is 0 Å². The average molecular weight is 310 g/mol. The van der Waals surface area contributed by atoms with E-state index in [0.717, 1.165) is 18.4 Å². The average Bonchev–Trinajstić information content (AvgIpc) is 2.56. The Morgan fingerprint density at radius 2 is 1.57 bits per heavy atom. The number of halogens is 1. The third-order valence-corrected chi connectivity index (χ3v) is 4.70. The Balaban J connectivity index is 1.92. The van der Waals surface area contributed by atoms with Crippen molar-refractivity contribution in [2.75, 3.05) is 39.5 Å². The van der Waals surface area contributed by atoms with Crippen molar-refractivity contribution in [2.45, 2.75) is 18.3 Å². The number of hydrogen-bond donors (Lipinski definition) is 0. The lowest BCUT2D eigenvalue weighted by molar-refractivity contribution is -0.145. The van der Waals surface area contributed by atoms with Gasteiger partial charge in [0.15, 0.2) is 0 Å². The number of ether oxygens (including phenoxy) is 2. The van der Waals surface area contributed by atoms with E-state index in [1.54, 1.807) is 0 Å². The summed E-state index contributed by atoms with van der Waals surface area (Å²) in [7, 11) is 0. The van der Waals surface area contributed by atoms with Gasteiger partial charge < -0.3 is 14.4 Å². The highest BCUT2D eigenvalue weighted by Crippen LogP contribution is 2.37. The second-order valence-electron chi connectivity index (χ2n) is 5.61. The summed E-state index contributed by atoms with van der Waals surface area (Å²) in [5.74, 6) is 0.205. The molecular formula is C16H20ClNO3. The summed E-state index contributed by atoms with van der Waals surface area (Å²) in [6, 6.07) is 7.68. The van der Waals surface area contributed by atoms with Crippen LogP contribution in [0.3, 0.4) is 0 Å². The lowest BCUT2D eigenvalue weighted by Gasteiger charge is -2.41. The van der Waals surface area contributed by atoms with Crippen molar-refractivity contribution >= 4 is 17.5 Å². The van der Waals surface area contributed by atoms with Gasteiger partial charge in [-0.3, -0.25) is 4.79 Å². The van der Waals surface area contributed by atoms with E-state index in [-0.39, 0.29) is 5.91 Å². The highest BCUT2D eigenvalue weighted by Gasteiger charge is 2.44. The van der Waals surface area contributed by atoms with Crippen LogP contribution in [0.5, 0.6) is 0 Å². The van der Waals surface area contributed by atoms with Crippen molar-refractivity contribution in [3.8, 4) is 0 Å². The van der Waals surface area contributed by atoms with E-state index in [9.17, 15) is 4.79 Å². The lowest BCUT2D eigenvalue weighted by Crippen LogP contribution is -2.53. The van der Waals surface area contributed by atoms with Gasteiger partial charge in [0.25, 0.3) is 0 Å². The quantitative estimate of drug-likeness (QED) is 0.841. The van der Waals surface area contributed by atoms with Crippen molar-refractivity contribution in [3.05, 3.63) is 34.9 Å². The van der Waals surface area contributed by atoms with Crippen molar-refractivity contribution in [3.63, 3.8) is 0 Å². The van der Waals surface area contributed by atoms with Gasteiger partial charge in [-0.1, -0.05) is 23.7 Å². The first-order valence-electron chi connectivity index (χ1n) is 7.43. The van der Waals surface area contributed by atoms with Crippen molar-refractivity contribution in [1.82, 2.24) is 4.90 Å². The largest absolute Gasteiger partial charge is 0.381 e. The Kier molecular flexibility index (Phi) is 4.48. The first kappa shape index (κ1) is 14.8. The molecule has 2 aliphatic heterocycles. The first-order valence-corrected chi connectivity index (χ1v) is 7.81. The summed E-state index contributed by atoms with van der Waals surface area (Å²) in [5, 5.41) is 0.694. The monoisotopic (exact) mass is 309 g/mol. The van der Waals surface area contributed by atoms with Crippen LogP contribution in [0.4, 0.5) is 0 Å². The van der Waals surface area contributed by atoms with Gasteiger partial charge in [0.05, 0.1) is 18.6 Å². The molecule has 0 spiro atoms. The molecule has 1 aromatic carbocycles. The number of hydrogen-bond acceptors (Lipinski definition) is 3. The van der Waals surface area contributed by atoms with Gasteiger partial charge in [0, 0.05) is 31.3 Å². The van der Waals surface area contributed by atoms with Gasteiger partial charge in [-0.05, 0) is 30.5 Å². The Bertz CT molecular complexity index is 491. The molecule has 3 rings (SSSR count). The van der Waals surface area contributed by atoms with Crippen LogP contribution in [-0.4, -0.2) is 50.3 Å². The highest BCUT2D eigenvalue weighted by molar-refractivity contribution is 6.30. The van der Waals surface area contributed by atoms with E-state index < -0.39 is 5.41 Å². The maximum Gasteiger partial charge on any atom is 0.233 e. The second-order valence-corrected chi connectivity index (χ2v) is 6.04. The smallest absolute Gasteiger partial charge is 0.233 e. The zero-order chi connectivity index (χ0) is 14.7. The molecule has 0 radical (unpaired) electrons. The van der Waals surface area contributed by atoms with Gasteiger partial charge in [-0.2, -0.15) is 0 Å². The molecule has 2 saturated heterocycles. The molecule has 0 aliphatic carbocycles. The molecule has 1 amide bonds. The Hall–Kier alpha value is -1.10. The van der Waals surface area contributed by atoms with Crippen LogP contribution < -0.4 is 0 Å². The number of carbonyl (C=O) groups excluding carboxylic acids is 1. The maximum absolute atomic E-state index is 13.1. The molecule has 5 heteroatoms. The lowest BCUT2D eigenvalue weighted by atomic mass is 9.73. The van der Waals surface area contributed by atoms with E-state index in [1.807, 2.05) is 29.2 Å². The molecule has 0 N–H and O–H groups in total. The maximum atomic E-state index is 13.1. The fourth-order valence-electron chi connectivity index (χ4n) is 3.18. The minimum Gasteiger partial charge on any atom is -0.381 e. The number of carbonyl (C=O) groups is 1. The van der Waals surface area contributed by atoms with Crippen molar-refractivity contribution in [2.24, 2.45) is 0 Å². The van der Waals surface area contributed by atoms with Crippen LogP contribution in [0.1, 0.15) is 18.4 Å². The van der Waals surface area contributed by atoms with Crippen LogP contribution in [-0.2, 0) is 19.7 Å². The van der Waals surface area contributed by atoms with Gasteiger partial charge in [0.1, 0.15) is 0 Å². The number of morpholine rings is 1. The second kappa shape index (κ2) is 6.34. The number of nitrogens with zero attached hydrogens (tertiary/aromatic N) is 1. The van der Waals surface area contributed by atoms with Crippen LogP contribution in [0.25, 0.3) is 0 Å². The molecule has 2 aliphatic rings. The molecule has 0 unspecified atom stereocenters. The van der Waals surface area contributed by atoms with E-state index in [4.69, 9.17) is 21.1 Å². The predicted octanol–water partition coefficient (Wildman–Crippen LogP) is 2.25. The Morgan fingerprint density at radius 1 is 1.00 bits per heavy atom. The minimum absolute atomic E-state index is 0.205. The molecule has 2 heterocycles. The summed E-state index contributed by atoms with van der Waals surface area (Å²) in [6.07, 6.45) is 1.45. The SMILES string of the molecule is O=C(N1CCOCC1)C1(c2ccc(Cl)cc2)CCOCC1. The summed E-state index contributed by atoms with van der Waals surface area (Å²) in [5.41, 5.74) is 0.576. The van der Waals surface area contributed by atoms with Crippen LogP contribution in [0.15, 0.2) is 24.3 Å². The molecule has 21 heavy (non-hydrogen) atoms. The molecule has 0 atom stereocenters. The summed E-state index contributed by atoms with van der Waals surface area (Å²) < 4.78 is 10.8. The topological polar surface area (TPSA) is 38.8 Å². The Labute approximate surface area is 130 Å². The predicted molar refractivity (Wildman–Crippen MR) is 80.6 cm³/mol. The third-order valence-electron chi connectivity index (χ3n) is 4.45. The molecule has 114 valence electrons. The molecule has 4 nitrogen and oxygen atoms in total. The van der Waals surface area contributed by atoms with E-state index >= 15 is 0 Å². The Morgan fingerprint density at radius 3 is 2.19 bits per heavy atom. The molecular weight excluding hydrogens is 290 g/mol. The van der Waals surface area contributed by atoms with Gasteiger partial charge in [-0.15, -0.1) is 0 Å². The number of benzene rings is 1. The molecule has 1 aromatic rings. The van der Waals surface area contributed by atoms with Crippen LogP contribution in [0.2, 0.25) is 5.02 Å². The standard InChI is InChI=1S/C16H20ClNO3/c17-14-3-1-13(2-4-14)16(5-9-20-10-6-16)15(19)18-7-11-21-12-8-18/h1-4H,5-12H2. The zero-order valence-corrected chi connectivity index (χ0v) is 12.8. The zero-order valence-electron chi connectivity index (χ0n) is 12.0. The molecule has 0 saturated carbocycles. The summed E-state index contributed by atoms with van der Waals surface area (Å²) >= 11 is 5.99. The molecule has 0 aromatic heterocycles. The van der Waals surface area contributed by atoms with Gasteiger partial charge >= 0.3 is 0 Å². The number of amides is 1. The fourth-order valence-corrected chi connectivity index (χ4v) is 3.31. The minimum atomic E-state index is -0.472. The molecule has 0 bridgehead atoms. The first-order chi connectivity index (χ1) is 10.2. The van der Waals surface area contributed by atoms with Crippen LogP contribution >= 0.6 is 11.6 Å². The third kappa shape index (κ3) is 2.93. The highest BCUT2D eigenvalue weighted by atomic mass is 35.5. The molecule has 2 fully saturated rings. The van der Waals surface area contributed by atoms with Crippen molar-refractivity contribution < 1.29 is 14.3 Å². The van der Waals surface area contributed by atoms with Gasteiger partial charge in [-0.25, -0.2) is 0 Å². The summed E-state index contributed by atoms with van der Waals surface area (Å²) in [4.78, 5) is 15.1. The number of rotatable bonds is 2. The fraction of sp³-hybridized carbons (Fsp3) is 0.562. The van der Waals surface area contributed by atoms with Gasteiger partial charge in [0.2, 0.25) is 5.91 Å².